The minimum absolute atomic E-state index is 0.130. The van der Waals surface area contributed by atoms with Crippen LogP contribution in [0.5, 0.6) is 0 Å². The second kappa shape index (κ2) is 12.1. The molecule has 0 saturated heterocycles. The summed E-state index contributed by atoms with van der Waals surface area (Å²) in [7, 11) is 0. The van der Waals surface area contributed by atoms with E-state index in [4.69, 9.17) is 0 Å². The average Bonchev–Trinajstić information content (AvgIpc) is 3.31. The number of carbonyl (C=O) groups is 2. The van der Waals surface area contributed by atoms with Crippen molar-refractivity contribution in [3.05, 3.63) is 88.1 Å². The number of hydrogen-bond donors (Lipinski definition) is 1. The van der Waals surface area contributed by atoms with Crippen LogP contribution in [0.15, 0.2) is 66.0 Å². The zero-order valence-corrected chi connectivity index (χ0v) is 19.3. The Balaban J connectivity index is 1.74. The number of thiophene rings is 1. The van der Waals surface area contributed by atoms with Gasteiger partial charge in [0.15, 0.2) is 0 Å². The van der Waals surface area contributed by atoms with Crippen LogP contribution in [0.4, 0.5) is 19.3 Å². The summed E-state index contributed by atoms with van der Waals surface area (Å²) in [5.41, 5.74) is 0.857. The first kappa shape index (κ1) is 24.4. The first-order valence-corrected chi connectivity index (χ1v) is 11.7. The number of benzene rings is 2. The van der Waals surface area contributed by atoms with Gasteiger partial charge in [-0.2, -0.15) is 0 Å². The van der Waals surface area contributed by atoms with Crippen molar-refractivity contribution in [2.45, 2.75) is 32.9 Å². The molecule has 3 aromatic rings. The van der Waals surface area contributed by atoms with Crippen LogP contribution in [0.3, 0.4) is 0 Å². The quantitative estimate of drug-likeness (QED) is 0.401. The van der Waals surface area contributed by atoms with E-state index in [0.717, 1.165) is 22.9 Å². The average molecular weight is 472 g/mol. The van der Waals surface area contributed by atoms with Crippen molar-refractivity contribution in [2.24, 2.45) is 0 Å². The highest BCUT2D eigenvalue weighted by Gasteiger charge is 2.22. The van der Waals surface area contributed by atoms with Crippen molar-refractivity contribution >= 4 is 29.0 Å². The second-order valence-corrected chi connectivity index (χ2v) is 8.68. The summed E-state index contributed by atoms with van der Waals surface area (Å²) in [5.74, 6) is -1.81. The van der Waals surface area contributed by atoms with E-state index in [0.29, 0.717) is 32.1 Å². The Morgan fingerprint density at radius 1 is 0.970 bits per heavy atom. The molecular formula is C25H27F2N3O2S. The molecule has 174 valence electrons. The van der Waals surface area contributed by atoms with Gasteiger partial charge in [0, 0.05) is 24.0 Å². The summed E-state index contributed by atoms with van der Waals surface area (Å²) in [6.45, 7) is 3.02. The number of amides is 3. The molecule has 5 nitrogen and oxygen atoms in total. The van der Waals surface area contributed by atoms with Crippen LogP contribution in [0.1, 0.15) is 30.2 Å². The van der Waals surface area contributed by atoms with Gasteiger partial charge in [-0.1, -0.05) is 49.7 Å². The van der Waals surface area contributed by atoms with Gasteiger partial charge in [-0.15, -0.1) is 11.3 Å². The van der Waals surface area contributed by atoms with E-state index in [-0.39, 0.29) is 18.1 Å². The Hall–Kier alpha value is -3.26. The fourth-order valence-corrected chi connectivity index (χ4v) is 4.00. The highest BCUT2D eigenvalue weighted by molar-refractivity contribution is 7.09. The number of nitrogens with one attached hydrogen (secondary N) is 1. The molecule has 0 spiro atoms. The highest BCUT2D eigenvalue weighted by Crippen LogP contribution is 2.17. The largest absolute Gasteiger partial charge is 0.332 e. The van der Waals surface area contributed by atoms with Gasteiger partial charge < -0.3 is 15.1 Å². The molecule has 0 fully saturated rings. The lowest BCUT2D eigenvalue weighted by Crippen LogP contribution is -2.44. The summed E-state index contributed by atoms with van der Waals surface area (Å²) in [6.07, 6.45) is 1.52. The zero-order chi connectivity index (χ0) is 23.6. The molecule has 1 heterocycles. The molecule has 0 saturated carbocycles. The van der Waals surface area contributed by atoms with E-state index < -0.39 is 17.7 Å². The molecule has 0 atom stereocenters. The first-order valence-electron chi connectivity index (χ1n) is 10.8. The highest BCUT2D eigenvalue weighted by atomic mass is 32.1. The van der Waals surface area contributed by atoms with Crippen LogP contribution < -0.4 is 5.32 Å². The SMILES string of the molecule is CCCCN(CC(=O)N(Cc1ccccc1)Cc1cccs1)C(=O)Nc1ccc(F)cc1F. The standard InChI is InChI=1S/C25H27F2N3O2S/c1-2-3-13-29(25(32)28-23-12-11-20(26)15-22(23)27)18-24(31)30(17-21-10-7-14-33-21)16-19-8-5-4-6-9-19/h4-12,14-15H,2-3,13,16-18H2,1H3,(H,28,32). The topological polar surface area (TPSA) is 52.7 Å². The number of unbranched alkanes of at least 4 members (excludes halogenated alkanes) is 1. The fourth-order valence-electron chi connectivity index (χ4n) is 3.28. The van der Waals surface area contributed by atoms with Crippen molar-refractivity contribution in [3.8, 4) is 0 Å². The molecule has 3 rings (SSSR count). The number of urea groups is 1. The third kappa shape index (κ3) is 7.39. The Morgan fingerprint density at radius 3 is 2.42 bits per heavy atom. The van der Waals surface area contributed by atoms with Gasteiger partial charge >= 0.3 is 6.03 Å². The van der Waals surface area contributed by atoms with Crippen LogP contribution in [0.25, 0.3) is 0 Å². The number of halogens is 2. The summed E-state index contributed by atoms with van der Waals surface area (Å²) < 4.78 is 27.2. The van der Waals surface area contributed by atoms with Gasteiger partial charge in [0.05, 0.1) is 12.2 Å². The van der Waals surface area contributed by atoms with Crippen LogP contribution in [-0.4, -0.2) is 34.8 Å². The van der Waals surface area contributed by atoms with E-state index in [1.165, 1.54) is 11.0 Å². The molecule has 0 aliphatic rings. The molecule has 1 N–H and O–H groups in total. The van der Waals surface area contributed by atoms with Gasteiger partial charge in [0.25, 0.3) is 0 Å². The minimum Gasteiger partial charge on any atom is -0.332 e. The van der Waals surface area contributed by atoms with Gasteiger partial charge in [0.1, 0.15) is 18.2 Å². The van der Waals surface area contributed by atoms with E-state index in [2.05, 4.69) is 5.32 Å². The zero-order valence-electron chi connectivity index (χ0n) is 18.5. The summed E-state index contributed by atoms with van der Waals surface area (Å²) in [6, 6.07) is 15.9. The molecular weight excluding hydrogens is 444 g/mol. The third-order valence-electron chi connectivity index (χ3n) is 5.06. The van der Waals surface area contributed by atoms with Crippen molar-refractivity contribution in [1.82, 2.24) is 9.80 Å². The lowest BCUT2D eigenvalue weighted by molar-refractivity contribution is -0.133. The number of nitrogens with zero attached hydrogens (tertiary/aromatic N) is 2. The van der Waals surface area contributed by atoms with Crippen LogP contribution >= 0.6 is 11.3 Å². The minimum atomic E-state index is -0.867. The number of rotatable bonds is 10. The normalized spacial score (nSPS) is 10.6. The van der Waals surface area contributed by atoms with Gasteiger partial charge in [-0.3, -0.25) is 4.79 Å². The van der Waals surface area contributed by atoms with Crippen molar-refractivity contribution in [2.75, 3.05) is 18.4 Å². The molecule has 33 heavy (non-hydrogen) atoms. The Labute approximate surface area is 196 Å². The lowest BCUT2D eigenvalue weighted by Gasteiger charge is -2.28. The van der Waals surface area contributed by atoms with E-state index in [1.54, 1.807) is 16.2 Å². The van der Waals surface area contributed by atoms with Gasteiger partial charge in [0.2, 0.25) is 5.91 Å². The van der Waals surface area contributed by atoms with Gasteiger partial charge in [-0.25, -0.2) is 13.6 Å². The molecule has 0 aliphatic carbocycles. The van der Waals surface area contributed by atoms with Crippen molar-refractivity contribution < 1.29 is 18.4 Å². The van der Waals surface area contributed by atoms with E-state index in [1.807, 2.05) is 54.8 Å². The summed E-state index contributed by atoms with van der Waals surface area (Å²) >= 11 is 1.56. The number of hydrogen-bond acceptors (Lipinski definition) is 3. The maximum atomic E-state index is 14.0. The number of anilines is 1. The Morgan fingerprint density at radius 2 is 1.76 bits per heavy atom. The molecule has 0 unspecified atom stereocenters. The molecule has 0 radical (unpaired) electrons. The lowest BCUT2D eigenvalue weighted by atomic mass is 10.2. The second-order valence-electron chi connectivity index (χ2n) is 7.64. The number of carbonyl (C=O) groups excluding carboxylic acids is 2. The monoisotopic (exact) mass is 471 g/mol. The van der Waals surface area contributed by atoms with Crippen molar-refractivity contribution in [1.29, 1.82) is 0 Å². The van der Waals surface area contributed by atoms with E-state index >= 15 is 0 Å². The molecule has 2 aromatic carbocycles. The van der Waals surface area contributed by atoms with Gasteiger partial charge in [-0.05, 0) is 35.6 Å². The molecule has 0 aliphatic heterocycles. The molecule has 0 bridgehead atoms. The van der Waals surface area contributed by atoms with Crippen molar-refractivity contribution in [3.63, 3.8) is 0 Å². The predicted octanol–water partition coefficient (Wildman–Crippen LogP) is 5.89. The van der Waals surface area contributed by atoms with Crippen LogP contribution in [0, 0.1) is 11.6 Å². The smallest absolute Gasteiger partial charge is 0.322 e. The van der Waals surface area contributed by atoms with E-state index in [9.17, 15) is 18.4 Å². The first-order chi connectivity index (χ1) is 16.0. The molecule has 8 heteroatoms. The summed E-state index contributed by atoms with van der Waals surface area (Å²) in [5, 5.41) is 4.42. The fraction of sp³-hybridized carbons (Fsp3) is 0.280. The Bertz CT molecular complexity index is 1050. The summed E-state index contributed by atoms with van der Waals surface area (Å²) in [4.78, 5) is 30.3. The maximum Gasteiger partial charge on any atom is 0.322 e. The Kier molecular flexibility index (Phi) is 8.95. The third-order valence-corrected chi connectivity index (χ3v) is 5.92. The van der Waals surface area contributed by atoms with Crippen LogP contribution in [0.2, 0.25) is 0 Å². The maximum absolute atomic E-state index is 14.0. The van der Waals surface area contributed by atoms with Crippen LogP contribution in [-0.2, 0) is 17.9 Å². The molecule has 3 amide bonds. The predicted molar refractivity (Wildman–Crippen MR) is 127 cm³/mol. The molecule has 1 aromatic heterocycles.